The van der Waals surface area contributed by atoms with Crippen LogP contribution in [0.3, 0.4) is 0 Å². The molecule has 2 aliphatic carbocycles. The SMILES string of the molecule is C.CC.CCOC1(OC)CC(CCCOc2ccc(C3c4ccc(O)cc4CCC3c3ccccc3)cc2)C1. The third-order valence-corrected chi connectivity index (χ3v) is 8.06. The standard InChI is InChI=1S/C32H38O4.C2H6.CH4/c1-3-36-32(34-2)21-23(22-32)8-7-19-35-28-15-11-25(12-16-28)31-29(24-9-5-4-6-10-24)17-13-26-20-27(33)14-18-30(26)31;1-2;/h4-6,9-12,14-16,18,20,23,29,31,33H,3,7-8,13,17,19,21-22H2,1-2H3;1-2H3;1H4. The van der Waals surface area contributed by atoms with Crippen LogP contribution in [0.5, 0.6) is 11.5 Å². The third-order valence-electron chi connectivity index (χ3n) is 8.06. The molecule has 0 amide bonds. The normalized spacial score (nSPS) is 23.3. The molecule has 2 unspecified atom stereocenters. The number of phenolic OH excluding ortho intramolecular Hbond substituents is 1. The lowest BCUT2D eigenvalue weighted by Crippen LogP contribution is -2.48. The van der Waals surface area contributed by atoms with Crippen LogP contribution in [0.4, 0.5) is 0 Å². The minimum Gasteiger partial charge on any atom is -0.508 e. The number of phenols is 1. The fourth-order valence-corrected chi connectivity index (χ4v) is 6.24. The lowest BCUT2D eigenvalue weighted by atomic mass is 9.69. The van der Waals surface area contributed by atoms with Crippen LogP contribution in [0.25, 0.3) is 0 Å². The van der Waals surface area contributed by atoms with Gasteiger partial charge in [-0.05, 0) is 91.0 Å². The number of aryl methyl sites for hydroxylation is 1. The highest BCUT2D eigenvalue weighted by Gasteiger charge is 2.45. The third kappa shape index (κ3) is 7.23. The van der Waals surface area contributed by atoms with E-state index in [2.05, 4.69) is 60.7 Å². The summed E-state index contributed by atoms with van der Waals surface area (Å²) in [6.07, 6.45) is 6.19. The summed E-state index contributed by atoms with van der Waals surface area (Å²) in [5.41, 5.74) is 5.25. The Labute approximate surface area is 236 Å². The molecule has 0 spiro atoms. The maximum Gasteiger partial charge on any atom is 0.168 e. The second kappa shape index (κ2) is 14.5. The highest BCUT2D eigenvalue weighted by molar-refractivity contribution is 5.48. The molecular formula is C35H48O4. The number of rotatable bonds is 10. The number of ether oxygens (including phenoxy) is 3. The van der Waals surface area contributed by atoms with E-state index in [0.717, 1.165) is 50.9 Å². The average molecular weight is 533 g/mol. The second-order valence-corrected chi connectivity index (χ2v) is 10.3. The molecule has 1 saturated carbocycles. The molecule has 5 rings (SSSR count). The van der Waals surface area contributed by atoms with Crippen LogP contribution in [-0.2, 0) is 15.9 Å². The Morgan fingerprint density at radius 3 is 2.31 bits per heavy atom. The van der Waals surface area contributed by atoms with Gasteiger partial charge in [-0.3, -0.25) is 0 Å². The summed E-state index contributed by atoms with van der Waals surface area (Å²) in [7, 11) is 1.75. The van der Waals surface area contributed by atoms with Crippen molar-refractivity contribution in [3.05, 3.63) is 95.1 Å². The summed E-state index contributed by atoms with van der Waals surface area (Å²) in [6.45, 7) is 7.44. The zero-order chi connectivity index (χ0) is 27.0. The van der Waals surface area contributed by atoms with Gasteiger partial charge >= 0.3 is 0 Å². The maximum absolute atomic E-state index is 10.1. The molecule has 0 aliphatic heterocycles. The molecule has 0 heterocycles. The van der Waals surface area contributed by atoms with Crippen LogP contribution in [0.1, 0.15) is 94.4 Å². The lowest BCUT2D eigenvalue weighted by Gasteiger charge is -2.46. The first kappa shape index (κ1) is 30.7. The summed E-state index contributed by atoms with van der Waals surface area (Å²) in [6, 6.07) is 25.4. The first-order chi connectivity index (χ1) is 18.6. The van der Waals surface area contributed by atoms with Gasteiger partial charge < -0.3 is 19.3 Å². The Bertz CT molecular complexity index is 1120. The Kier molecular flexibility index (Phi) is 11.4. The second-order valence-electron chi connectivity index (χ2n) is 10.3. The molecule has 4 nitrogen and oxygen atoms in total. The molecule has 0 bridgehead atoms. The highest BCUT2D eigenvalue weighted by Crippen LogP contribution is 2.47. The molecule has 1 N–H and O–H groups in total. The van der Waals surface area contributed by atoms with Crippen LogP contribution < -0.4 is 4.74 Å². The van der Waals surface area contributed by atoms with E-state index in [4.69, 9.17) is 14.2 Å². The van der Waals surface area contributed by atoms with Crippen LogP contribution in [-0.4, -0.2) is 31.2 Å². The first-order valence-electron chi connectivity index (χ1n) is 14.4. The Hall–Kier alpha value is -2.82. The Balaban J connectivity index is 0.00000137. The quantitative estimate of drug-likeness (QED) is 0.209. The monoisotopic (exact) mass is 532 g/mol. The van der Waals surface area contributed by atoms with Gasteiger partial charge in [0, 0.05) is 32.5 Å². The van der Waals surface area contributed by atoms with Gasteiger partial charge in [-0.15, -0.1) is 0 Å². The topological polar surface area (TPSA) is 47.9 Å². The van der Waals surface area contributed by atoms with E-state index in [1.807, 2.05) is 32.9 Å². The molecule has 1 fully saturated rings. The summed E-state index contributed by atoms with van der Waals surface area (Å²) in [5.74, 6) is 2.25. The lowest BCUT2D eigenvalue weighted by molar-refractivity contribution is -0.281. The minimum absolute atomic E-state index is 0. The van der Waals surface area contributed by atoms with Crippen molar-refractivity contribution in [2.24, 2.45) is 5.92 Å². The van der Waals surface area contributed by atoms with E-state index in [1.165, 1.54) is 22.3 Å². The van der Waals surface area contributed by atoms with E-state index in [9.17, 15) is 5.11 Å². The van der Waals surface area contributed by atoms with Crippen molar-refractivity contribution in [2.75, 3.05) is 20.3 Å². The van der Waals surface area contributed by atoms with Gasteiger partial charge in [0.1, 0.15) is 11.5 Å². The molecule has 2 aliphatic rings. The molecule has 212 valence electrons. The van der Waals surface area contributed by atoms with E-state index in [0.29, 0.717) is 24.2 Å². The van der Waals surface area contributed by atoms with E-state index in [1.54, 1.807) is 7.11 Å². The van der Waals surface area contributed by atoms with E-state index < -0.39 is 0 Å². The summed E-state index contributed by atoms with van der Waals surface area (Å²) in [4.78, 5) is 0. The van der Waals surface area contributed by atoms with Crippen molar-refractivity contribution >= 4 is 0 Å². The fourth-order valence-electron chi connectivity index (χ4n) is 6.24. The van der Waals surface area contributed by atoms with Crippen LogP contribution in [0.15, 0.2) is 72.8 Å². The van der Waals surface area contributed by atoms with Gasteiger partial charge in [-0.25, -0.2) is 0 Å². The van der Waals surface area contributed by atoms with Crippen molar-refractivity contribution < 1.29 is 19.3 Å². The largest absolute Gasteiger partial charge is 0.508 e. The number of hydrogen-bond donors (Lipinski definition) is 1. The minimum atomic E-state index is -0.343. The predicted octanol–water partition coefficient (Wildman–Crippen LogP) is 8.86. The van der Waals surface area contributed by atoms with Gasteiger partial charge in [0.25, 0.3) is 0 Å². The van der Waals surface area contributed by atoms with Crippen molar-refractivity contribution in [3.8, 4) is 11.5 Å². The van der Waals surface area contributed by atoms with Gasteiger partial charge in [0.15, 0.2) is 5.79 Å². The Morgan fingerprint density at radius 2 is 1.64 bits per heavy atom. The van der Waals surface area contributed by atoms with E-state index in [-0.39, 0.29) is 19.1 Å². The molecule has 0 saturated heterocycles. The summed E-state index contributed by atoms with van der Waals surface area (Å²) < 4.78 is 17.5. The molecule has 0 radical (unpaired) electrons. The van der Waals surface area contributed by atoms with Gasteiger partial charge in [-0.2, -0.15) is 0 Å². The molecule has 3 aromatic carbocycles. The molecular weight excluding hydrogens is 484 g/mol. The number of fused-ring (bicyclic) bond motifs is 1. The molecule has 2 atom stereocenters. The number of aromatic hydroxyl groups is 1. The summed E-state index contributed by atoms with van der Waals surface area (Å²) >= 11 is 0. The van der Waals surface area contributed by atoms with Gasteiger partial charge in [0.05, 0.1) is 6.61 Å². The van der Waals surface area contributed by atoms with Crippen LogP contribution >= 0.6 is 0 Å². The average Bonchev–Trinajstić information content (AvgIpc) is 2.95. The maximum atomic E-state index is 10.1. The summed E-state index contributed by atoms with van der Waals surface area (Å²) in [5, 5.41) is 10.1. The molecule has 0 aromatic heterocycles. The molecule has 39 heavy (non-hydrogen) atoms. The number of methoxy groups -OCH3 is 1. The van der Waals surface area contributed by atoms with Gasteiger partial charge in [-0.1, -0.05) is 69.8 Å². The first-order valence-corrected chi connectivity index (χ1v) is 14.4. The number of hydrogen-bond acceptors (Lipinski definition) is 4. The van der Waals surface area contributed by atoms with Crippen molar-refractivity contribution in [2.45, 2.75) is 84.3 Å². The highest BCUT2D eigenvalue weighted by atomic mass is 16.7. The van der Waals surface area contributed by atoms with Crippen LogP contribution in [0.2, 0.25) is 0 Å². The Morgan fingerprint density at radius 1 is 0.923 bits per heavy atom. The van der Waals surface area contributed by atoms with Crippen molar-refractivity contribution in [3.63, 3.8) is 0 Å². The zero-order valence-electron chi connectivity index (χ0n) is 23.5. The van der Waals surface area contributed by atoms with Gasteiger partial charge in [0.2, 0.25) is 0 Å². The predicted molar refractivity (Wildman–Crippen MR) is 161 cm³/mol. The van der Waals surface area contributed by atoms with Crippen molar-refractivity contribution in [1.29, 1.82) is 0 Å². The number of benzene rings is 3. The van der Waals surface area contributed by atoms with Crippen LogP contribution in [0, 0.1) is 5.92 Å². The van der Waals surface area contributed by atoms with Crippen molar-refractivity contribution in [1.82, 2.24) is 0 Å². The zero-order valence-corrected chi connectivity index (χ0v) is 23.5. The fraction of sp³-hybridized carbons (Fsp3) is 0.486. The molecule has 4 heteroatoms. The smallest absolute Gasteiger partial charge is 0.168 e. The molecule has 3 aromatic rings. The van der Waals surface area contributed by atoms with E-state index >= 15 is 0 Å².